The summed E-state index contributed by atoms with van der Waals surface area (Å²) >= 11 is 1.76. The van der Waals surface area contributed by atoms with E-state index in [0.29, 0.717) is 0 Å². The van der Waals surface area contributed by atoms with Gasteiger partial charge < -0.3 is 10.5 Å². The molecule has 1 aliphatic rings. The first-order chi connectivity index (χ1) is 9.16. The van der Waals surface area contributed by atoms with E-state index in [1.165, 1.54) is 18.4 Å². The average Bonchev–Trinajstić information content (AvgIpc) is 2.89. The molecule has 1 aromatic heterocycles. The SMILES string of the molecule is CCOC1(C(N)CCc2ccsc2)CCCC(C)C1. The summed E-state index contributed by atoms with van der Waals surface area (Å²) in [5.41, 5.74) is 7.87. The number of thiophene rings is 1. The molecule has 3 atom stereocenters. The Kier molecular flexibility index (Phi) is 5.43. The van der Waals surface area contributed by atoms with Crippen LogP contribution >= 0.6 is 11.3 Å². The summed E-state index contributed by atoms with van der Waals surface area (Å²) < 4.78 is 6.15. The Bertz CT molecular complexity index is 361. The van der Waals surface area contributed by atoms with Crippen molar-refractivity contribution in [2.75, 3.05) is 6.61 Å². The van der Waals surface area contributed by atoms with Crippen LogP contribution in [-0.2, 0) is 11.2 Å². The fourth-order valence-electron chi connectivity index (χ4n) is 3.43. The van der Waals surface area contributed by atoms with Gasteiger partial charge in [0.25, 0.3) is 0 Å². The van der Waals surface area contributed by atoms with Gasteiger partial charge in [-0.3, -0.25) is 0 Å². The van der Waals surface area contributed by atoms with E-state index in [4.69, 9.17) is 10.5 Å². The molecule has 2 nitrogen and oxygen atoms in total. The Morgan fingerprint density at radius 2 is 2.42 bits per heavy atom. The highest BCUT2D eigenvalue weighted by Gasteiger charge is 2.40. The van der Waals surface area contributed by atoms with Crippen LogP contribution in [0.1, 0.15) is 51.5 Å². The number of rotatable bonds is 6. The summed E-state index contributed by atoms with van der Waals surface area (Å²) in [6.45, 7) is 5.20. The van der Waals surface area contributed by atoms with E-state index in [1.807, 2.05) is 0 Å². The molecule has 19 heavy (non-hydrogen) atoms. The van der Waals surface area contributed by atoms with E-state index in [2.05, 4.69) is 30.7 Å². The molecule has 1 fully saturated rings. The van der Waals surface area contributed by atoms with Crippen molar-refractivity contribution in [1.29, 1.82) is 0 Å². The summed E-state index contributed by atoms with van der Waals surface area (Å²) in [5, 5.41) is 4.37. The van der Waals surface area contributed by atoms with Crippen molar-refractivity contribution in [1.82, 2.24) is 0 Å². The van der Waals surface area contributed by atoms with Crippen LogP contribution in [-0.4, -0.2) is 18.2 Å². The molecule has 2 rings (SSSR count). The van der Waals surface area contributed by atoms with Crippen LogP contribution < -0.4 is 5.73 Å². The molecule has 3 heteroatoms. The second kappa shape index (κ2) is 6.87. The molecule has 0 amide bonds. The summed E-state index contributed by atoms with van der Waals surface area (Å²) in [5.74, 6) is 0.743. The lowest BCUT2D eigenvalue weighted by Gasteiger charge is -2.44. The fourth-order valence-corrected chi connectivity index (χ4v) is 4.13. The van der Waals surface area contributed by atoms with Gasteiger partial charge in [0.1, 0.15) is 0 Å². The quantitative estimate of drug-likeness (QED) is 0.855. The predicted molar refractivity (Wildman–Crippen MR) is 82.6 cm³/mol. The van der Waals surface area contributed by atoms with E-state index in [0.717, 1.165) is 38.2 Å². The lowest BCUT2D eigenvalue weighted by Crippen LogP contribution is -2.53. The minimum Gasteiger partial charge on any atom is -0.374 e. The van der Waals surface area contributed by atoms with E-state index in [9.17, 15) is 0 Å². The molecule has 2 N–H and O–H groups in total. The third-order valence-electron chi connectivity index (χ3n) is 4.42. The van der Waals surface area contributed by atoms with Gasteiger partial charge in [0.05, 0.1) is 5.60 Å². The van der Waals surface area contributed by atoms with Crippen molar-refractivity contribution in [3.8, 4) is 0 Å². The van der Waals surface area contributed by atoms with Gasteiger partial charge in [-0.25, -0.2) is 0 Å². The van der Waals surface area contributed by atoms with Gasteiger partial charge in [0.2, 0.25) is 0 Å². The monoisotopic (exact) mass is 281 g/mol. The number of hydrogen-bond donors (Lipinski definition) is 1. The van der Waals surface area contributed by atoms with Crippen LogP contribution in [0.25, 0.3) is 0 Å². The molecule has 0 bridgehead atoms. The Morgan fingerprint density at radius 3 is 3.05 bits per heavy atom. The Morgan fingerprint density at radius 1 is 1.58 bits per heavy atom. The smallest absolute Gasteiger partial charge is 0.0835 e. The first-order valence-corrected chi connectivity index (χ1v) is 8.51. The predicted octanol–water partition coefficient (Wildman–Crippen LogP) is 3.99. The zero-order chi connectivity index (χ0) is 13.7. The highest BCUT2D eigenvalue weighted by Crippen LogP contribution is 2.38. The summed E-state index contributed by atoms with van der Waals surface area (Å²) in [7, 11) is 0. The number of aryl methyl sites for hydroxylation is 1. The van der Waals surface area contributed by atoms with Crippen LogP contribution in [0, 0.1) is 5.92 Å². The Labute approximate surface area is 121 Å². The summed E-state index contributed by atoms with van der Waals surface area (Å²) in [6.07, 6.45) is 6.96. The summed E-state index contributed by atoms with van der Waals surface area (Å²) in [4.78, 5) is 0. The number of nitrogens with two attached hydrogens (primary N) is 1. The number of hydrogen-bond acceptors (Lipinski definition) is 3. The van der Waals surface area contributed by atoms with Crippen molar-refractivity contribution in [2.45, 2.75) is 64.0 Å². The van der Waals surface area contributed by atoms with Crippen molar-refractivity contribution in [3.05, 3.63) is 22.4 Å². The normalized spacial score (nSPS) is 29.3. The minimum atomic E-state index is -0.0670. The Balaban J connectivity index is 1.97. The molecule has 0 saturated heterocycles. The third-order valence-corrected chi connectivity index (χ3v) is 5.15. The maximum atomic E-state index is 6.53. The zero-order valence-corrected chi connectivity index (χ0v) is 13.0. The second-order valence-electron chi connectivity index (χ2n) is 5.98. The standard InChI is InChI=1S/C16H27NOS/c1-3-18-16(9-4-5-13(2)11-16)15(17)7-6-14-8-10-19-12-14/h8,10,12-13,15H,3-7,9,11,17H2,1-2H3. The van der Waals surface area contributed by atoms with Gasteiger partial charge in [-0.1, -0.05) is 19.8 Å². The van der Waals surface area contributed by atoms with Gasteiger partial charge in [-0.05, 0) is 60.9 Å². The molecule has 1 aromatic rings. The minimum absolute atomic E-state index is 0.0670. The molecular formula is C16H27NOS. The molecule has 3 unspecified atom stereocenters. The van der Waals surface area contributed by atoms with E-state index < -0.39 is 0 Å². The number of ether oxygens (including phenoxy) is 1. The topological polar surface area (TPSA) is 35.2 Å². The van der Waals surface area contributed by atoms with Crippen LogP contribution in [0.2, 0.25) is 0 Å². The van der Waals surface area contributed by atoms with Crippen LogP contribution in [0.3, 0.4) is 0 Å². The van der Waals surface area contributed by atoms with E-state index in [1.54, 1.807) is 11.3 Å². The molecule has 0 radical (unpaired) electrons. The zero-order valence-electron chi connectivity index (χ0n) is 12.2. The van der Waals surface area contributed by atoms with E-state index >= 15 is 0 Å². The first kappa shape index (κ1) is 15.0. The second-order valence-corrected chi connectivity index (χ2v) is 6.76. The van der Waals surface area contributed by atoms with E-state index in [-0.39, 0.29) is 11.6 Å². The average molecular weight is 281 g/mol. The van der Waals surface area contributed by atoms with Crippen molar-refractivity contribution < 1.29 is 4.74 Å². The first-order valence-electron chi connectivity index (χ1n) is 7.57. The van der Waals surface area contributed by atoms with Gasteiger partial charge in [-0.15, -0.1) is 0 Å². The van der Waals surface area contributed by atoms with Crippen LogP contribution in [0.4, 0.5) is 0 Å². The summed E-state index contributed by atoms with van der Waals surface area (Å²) in [6, 6.07) is 2.36. The van der Waals surface area contributed by atoms with Gasteiger partial charge in [0.15, 0.2) is 0 Å². The molecule has 1 aliphatic carbocycles. The molecule has 1 heterocycles. The van der Waals surface area contributed by atoms with Crippen LogP contribution in [0.5, 0.6) is 0 Å². The fraction of sp³-hybridized carbons (Fsp3) is 0.750. The molecule has 0 aliphatic heterocycles. The molecule has 1 saturated carbocycles. The third kappa shape index (κ3) is 3.80. The van der Waals surface area contributed by atoms with Crippen LogP contribution in [0.15, 0.2) is 16.8 Å². The molecule has 108 valence electrons. The molecule has 0 spiro atoms. The highest BCUT2D eigenvalue weighted by molar-refractivity contribution is 7.07. The Hall–Kier alpha value is -0.380. The van der Waals surface area contributed by atoms with Crippen molar-refractivity contribution in [2.24, 2.45) is 11.7 Å². The largest absolute Gasteiger partial charge is 0.374 e. The lowest BCUT2D eigenvalue weighted by atomic mass is 9.73. The lowest BCUT2D eigenvalue weighted by molar-refractivity contribution is -0.0939. The molecule has 0 aromatic carbocycles. The molecular weight excluding hydrogens is 254 g/mol. The van der Waals surface area contributed by atoms with Crippen molar-refractivity contribution in [3.63, 3.8) is 0 Å². The van der Waals surface area contributed by atoms with Gasteiger partial charge in [0, 0.05) is 12.6 Å². The maximum Gasteiger partial charge on any atom is 0.0835 e. The van der Waals surface area contributed by atoms with Crippen molar-refractivity contribution >= 4 is 11.3 Å². The maximum absolute atomic E-state index is 6.53. The van der Waals surface area contributed by atoms with Gasteiger partial charge >= 0.3 is 0 Å². The highest BCUT2D eigenvalue weighted by atomic mass is 32.1. The van der Waals surface area contributed by atoms with Gasteiger partial charge in [-0.2, -0.15) is 11.3 Å².